The molecule has 0 saturated carbocycles. The molecule has 1 atom stereocenters. The SMILES string of the molecule is Cc1cccc(C2CCN=C(N)N2)c1.Cl. The van der Waals surface area contributed by atoms with Gasteiger partial charge in [0, 0.05) is 6.54 Å². The Morgan fingerprint density at radius 1 is 1.47 bits per heavy atom. The summed E-state index contributed by atoms with van der Waals surface area (Å²) in [6, 6.07) is 8.82. The summed E-state index contributed by atoms with van der Waals surface area (Å²) >= 11 is 0. The average molecular weight is 226 g/mol. The summed E-state index contributed by atoms with van der Waals surface area (Å²) in [6.07, 6.45) is 1.02. The Kier molecular flexibility index (Phi) is 3.97. The molecule has 1 aromatic rings. The van der Waals surface area contributed by atoms with Crippen LogP contribution in [0.25, 0.3) is 0 Å². The zero-order chi connectivity index (χ0) is 9.97. The molecule has 1 unspecified atom stereocenters. The van der Waals surface area contributed by atoms with Crippen molar-refractivity contribution in [2.75, 3.05) is 6.54 Å². The molecule has 0 radical (unpaired) electrons. The van der Waals surface area contributed by atoms with Gasteiger partial charge in [-0.1, -0.05) is 29.8 Å². The van der Waals surface area contributed by atoms with Crippen molar-refractivity contribution in [2.45, 2.75) is 19.4 Å². The van der Waals surface area contributed by atoms with Gasteiger partial charge in [0.15, 0.2) is 5.96 Å². The van der Waals surface area contributed by atoms with Crippen LogP contribution in [-0.2, 0) is 0 Å². The first-order valence-electron chi connectivity index (χ1n) is 4.89. The molecule has 0 aromatic heterocycles. The Morgan fingerprint density at radius 3 is 2.93 bits per heavy atom. The highest BCUT2D eigenvalue weighted by molar-refractivity contribution is 5.85. The lowest BCUT2D eigenvalue weighted by Gasteiger charge is -2.23. The average Bonchev–Trinajstić information content (AvgIpc) is 2.18. The maximum absolute atomic E-state index is 5.64. The van der Waals surface area contributed by atoms with Crippen LogP contribution in [0.3, 0.4) is 0 Å². The second kappa shape index (κ2) is 5.03. The summed E-state index contributed by atoms with van der Waals surface area (Å²) in [6.45, 7) is 2.92. The van der Waals surface area contributed by atoms with Crippen molar-refractivity contribution in [1.82, 2.24) is 5.32 Å². The van der Waals surface area contributed by atoms with E-state index in [1.807, 2.05) is 0 Å². The van der Waals surface area contributed by atoms with Crippen LogP contribution >= 0.6 is 12.4 Å². The lowest BCUT2D eigenvalue weighted by atomic mass is 10.0. The van der Waals surface area contributed by atoms with E-state index in [0.717, 1.165) is 13.0 Å². The Bertz CT molecular complexity index is 363. The van der Waals surface area contributed by atoms with Gasteiger partial charge in [-0.25, -0.2) is 0 Å². The number of halogens is 1. The maximum atomic E-state index is 5.64. The number of guanidine groups is 1. The van der Waals surface area contributed by atoms with Crippen molar-refractivity contribution in [1.29, 1.82) is 0 Å². The predicted octanol–water partition coefficient (Wildman–Crippen LogP) is 1.77. The number of rotatable bonds is 1. The van der Waals surface area contributed by atoms with Crippen molar-refractivity contribution in [3.8, 4) is 0 Å². The molecule has 0 amide bonds. The van der Waals surface area contributed by atoms with Crippen molar-refractivity contribution in [3.05, 3.63) is 35.4 Å². The Morgan fingerprint density at radius 2 is 2.27 bits per heavy atom. The van der Waals surface area contributed by atoms with E-state index in [4.69, 9.17) is 5.73 Å². The summed E-state index contributed by atoms with van der Waals surface area (Å²) in [5.41, 5.74) is 8.22. The van der Waals surface area contributed by atoms with E-state index in [-0.39, 0.29) is 12.4 Å². The van der Waals surface area contributed by atoms with Crippen LogP contribution in [0.2, 0.25) is 0 Å². The molecule has 0 saturated heterocycles. The van der Waals surface area contributed by atoms with E-state index >= 15 is 0 Å². The molecule has 1 aromatic carbocycles. The topological polar surface area (TPSA) is 50.4 Å². The molecule has 2 rings (SSSR count). The fraction of sp³-hybridized carbons (Fsp3) is 0.364. The molecule has 0 spiro atoms. The van der Waals surface area contributed by atoms with E-state index in [1.165, 1.54) is 11.1 Å². The number of nitrogens with zero attached hydrogens (tertiary/aromatic N) is 1. The number of aliphatic imine (C=N–C) groups is 1. The molecular formula is C11H16ClN3. The van der Waals surface area contributed by atoms with Crippen molar-refractivity contribution >= 4 is 18.4 Å². The molecular weight excluding hydrogens is 210 g/mol. The van der Waals surface area contributed by atoms with Gasteiger partial charge in [-0.2, -0.15) is 0 Å². The lowest BCUT2D eigenvalue weighted by molar-refractivity contribution is 0.568. The Hall–Kier alpha value is -1.22. The lowest BCUT2D eigenvalue weighted by Crippen LogP contribution is -2.38. The zero-order valence-corrected chi connectivity index (χ0v) is 9.55. The van der Waals surface area contributed by atoms with Crippen LogP contribution in [0.4, 0.5) is 0 Å². The first kappa shape index (κ1) is 11.9. The summed E-state index contributed by atoms with van der Waals surface area (Å²) in [5.74, 6) is 0.558. The second-order valence-corrected chi connectivity index (χ2v) is 3.67. The molecule has 0 aliphatic carbocycles. The van der Waals surface area contributed by atoms with E-state index in [1.54, 1.807) is 0 Å². The van der Waals surface area contributed by atoms with Crippen LogP contribution in [0.15, 0.2) is 29.3 Å². The molecule has 4 heteroatoms. The van der Waals surface area contributed by atoms with Crippen molar-refractivity contribution in [2.24, 2.45) is 10.7 Å². The van der Waals surface area contributed by atoms with Gasteiger partial charge in [0.05, 0.1) is 6.04 Å². The predicted molar refractivity (Wildman–Crippen MR) is 65.4 cm³/mol. The third kappa shape index (κ3) is 2.86. The normalized spacial score (nSPS) is 19.8. The molecule has 3 nitrogen and oxygen atoms in total. The second-order valence-electron chi connectivity index (χ2n) is 3.67. The maximum Gasteiger partial charge on any atom is 0.189 e. The van der Waals surface area contributed by atoms with Gasteiger partial charge < -0.3 is 11.1 Å². The standard InChI is InChI=1S/C11H15N3.ClH/c1-8-3-2-4-9(7-8)10-5-6-13-11(12)14-10;/h2-4,7,10H,5-6H2,1H3,(H3,12,13,14);1H. The van der Waals surface area contributed by atoms with Gasteiger partial charge in [-0.3, -0.25) is 4.99 Å². The van der Waals surface area contributed by atoms with Crippen molar-refractivity contribution in [3.63, 3.8) is 0 Å². The van der Waals surface area contributed by atoms with Crippen LogP contribution in [-0.4, -0.2) is 12.5 Å². The molecule has 15 heavy (non-hydrogen) atoms. The fourth-order valence-electron chi connectivity index (χ4n) is 1.75. The molecule has 3 N–H and O–H groups in total. The van der Waals surface area contributed by atoms with Crippen LogP contribution < -0.4 is 11.1 Å². The molecule has 82 valence electrons. The number of nitrogens with two attached hydrogens (primary N) is 1. The third-order valence-electron chi connectivity index (χ3n) is 2.47. The summed E-state index contributed by atoms with van der Waals surface area (Å²) < 4.78 is 0. The number of aryl methyl sites for hydroxylation is 1. The first-order chi connectivity index (χ1) is 6.75. The van der Waals surface area contributed by atoms with Crippen LogP contribution in [0.5, 0.6) is 0 Å². The van der Waals surface area contributed by atoms with E-state index in [0.29, 0.717) is 12.0 Å². The Labute approximate surface area is 96.2 Å². The largest absolute Gasteiger partial charge is 0.370 e. The molecule has 1 aliphatic rings. The fourth-order valence-corrected chi connectivity index (χ4v) is 1.75. The van der Waals surface area contributed by atoms with Gasteiger partial charge in [-0.05, 0) is 18.9 Å². The summed E-state index contributed by atoms with van der Waals surface area (Å²) in [7, 11) is 0. The minimum absolute atomic E-state index is 0. The highest BCUT2D eigenvalue weighted by atomic mass is 35.5. The number of hydrogen-bond donors (Lipinski definition) is 2. The Balaban J connectivity index is 0.00000112. The smallest absolute Gasteiger partial charge is 0.189 e. The minimum Gasteiger partial charge on any atom is -0.370 e. The summed E-state index contributed by atoms with van der Waals surface area (Å²) in [4.78, 5) is 4.11. The van der Waals surface area contributed by atoms with Gasteiger partial charge in [-0.15, -0.1) is 12.4 Å². The first-order valence-corrected chi connectivity index (χ1v) is 4.89. The molecule has 0 bridgehead atoms. The molecule has 1 aliphatic heterocycles. The van der Waals surface area contributed by atoms with E-state index < -0.39 is 0 Å². The van der Waals surface area contributed by atoms with E-state index in [9.17, 15) is 0 Å². The van der Waals surface area contributed by atoms with Crippen LogP contribution in [0, 0.1) is 6.92 Å². The van der Waals surface area contributed by atoms with Gasteiger partial charge in [0.2, 0.25) is 0 Å². The van der Waals surface area contributed by atoms with E-state index in [2.05, 4.69) is 41.5 Å². The quantitative estimate of drug-likeness (QED) is 0.766. The van der Waals surface area contributed by atoms with Crippen LogP contribution in [0.1, 0.15) is 23.6 Å². The monoisotopic (exact) mass is 225 g/mol. The molecule has 0 fully saturated rings. The van der Waals surface area contributed by atoms with Crippen molar-refractivity contribution < 1.29 is 0 Å². The highest BCUT2D eigenvalue weighted by Gasteiger charge is 2.15. The number of nitrogens with one attached hydrogen (secondary N) is 1. The number of benzene rings is 1. The van der Waals surface area contributed by atoms with Gasteiger partial charge >= 0.3 is 0 Å². The number of hydrogen-bond acceptors (Lipinski definition) is 3. The minimum atomic E-state index is 0. The third-order valence-corrected chi connectivity index (χ3v) is 2.47. The van der Waals surface area contributed by atoms with Gasteiger partial charge in [0.25, 0.3) is 0 Å². The van der Waals surface area contributed by atoms with Gasteiger partial charge in [0.1, 0.15) is 0 Å². The zero-order valence-electron chi connectivity index (χ0n) is 8.73. The highest BCUT2D eigenvalue weighted by Crippen LogP contribution is 2.19. The molecule has 1 heterocycles. The summed E-state index contributed by atoms with van der Waals surface area (Å²) in [5, 5.41) is 3.19.